The summed E-state index contributed by atoms with van der Waals surface area (Å²) in [5, 5.41) is 13.8. The molecule has 0 aliphatic carbocycles. The molecule has 1 aromatic rings. The van der Waals surface area contributed by atoms with Crippen molar-refractivity contribution in [1.29, 1.82) is 0 Å². The van der Waals surface area contributed by atoms with E-state index in [0.29, 0.717) is 18.2 Å². The highest BCUT2D eigenvalue weighted by Gasteiger charge is 2.28. The molecule has 0 amide bonds. The minimum atomic E-state index is -2.89. The Morgan fingerprint density at radius 2 is 2.33 bits per heavy atom. The van der Waals surface area contributed by atoms with E-state index in [1.807, 2.05) is 0 Å². The van der Waals surface area contributed by atoms with Gasteiger partial charge in [0.05, 0.1) is 17.7 Å². The highest BCUT2D eigenvalue weighted by atomic mass is 32.2. The minimum absolute atomic E-state index is 0.113. The molecule has 0 saturated carbocycles. The van der Waals surface area contributed by atoms with E-state index in [0.717, 1.165) is 13.0 Å². The number of hydrogen-bond donors (Lipinski definition) is 2. The molecule has 0 aromatic carbocycles. The molecule has 1 saturated heterocycles. The molecule has 2 heterocycles. The molecule has 1 unspecified atom stereocenters. The number of sulfone groups is 1. The van der Waals surface area contributed by atoms with Gasteiger partial charge in [0.2, 0.25) is 5.95 Å². The van der Waals surface area contributed by atoms with Crippen molar-refractivity contribution >= 4 is 21.6 Å². The molecule has 0 radical (unpaired) electrons. The van der Waals surface area contributed by atoms with Gasteiger partial charge in [-0.05, 0) is 12.8 Å². The van der Waals surface area contributed by atoms with Gasteiger partial charge in [-0.1, -0.05) is 6.92 Å². The van der Waals surface area contributed by atoms with Crippen molar-refractivity contribution in [3.63, 3.8) is 0 Å². The zero-order chi connectivity index (χ0) is 13.0. The first kappa shape index (κ1) is 13.0. The van der Waals surface area contributed by atoms with Crippen LogP contribution in [-0.4, -0.2) is 47.7 Å². The second-order valence-electron chi connectivity index (χ2n) is 4.34. The predicted octanol–water partition coefficient (Wildman–Crippen LogP) is 0.292. The summed E-state index contributed by atoms with van der Waals surface area (Å²) in [7, 11) is -2.89. The molecular weight excluding hydrogens is 254 g/mol. The normalized spacial score (nSPS) is 21.7. The molecule has 1 atom stereocenters. The molecular formula is C10H17N5O2S. The fraction of sp³-hybridized carbons (Fsp3) is 0.700. The second kappa shape index (κ2) is 5.47. The fourth-order valence-corrected chi connectivity index (χ4v) is 3.47. The molecule has 1 aromatic heterocycles. The van der Waals surface area contributed by atoms with Crippen LogP contribution in [0, 0.1) is 0 Å². The van der Waals surface area contributed by atoms with Gasteiger partial charge in [0.15, 0.2) is 9.84 Å². The Hall–Kier alpha value is -1.44. The van der Waals surface area contributed by atoms with Crippen LogP contribution in [0.1, 0.15) is 19.8 Å². The average Bonchev–Trinajstić information content (AvgIpc) is 2.66. The van der Waals surface area contributed by atoms with E-state index in [9.17, 15) is 8.42 Å². The molecule has 0 spiro atoms. The number of aromatic nitrogens is 3. The predicted molar refractivity (Wildman–Crippen MR) is 69.3 cm³/mol. The third kappa shape index (κ3) is 3.52. The molecule has 0 bridgehead atoms. The standard InChI is InChI=1S/C10H17N5O2S/c1-2-4-11-9-6-12-15-10(14-9)13-8-3-5-18(16,17)7-8/h6,8H,2-5,7H2,1H3,(H2,11,13,14,15). The van der Waals surface area contributed by atoms with Gasteiger partial charge in [-0.25, -0.2) is 8.42 Å². The molecule has 1 aliphatic heterocycles. The maximum Gasteiger partial charge on any atom is 0.244 e. The summed E-state index contributed by atoms with van der Waals surface area (Å²) in [5.41, 5.74) is 0. The average molecular weight is 271 g/mol. The largest absolute Gasteiger partial charge is 0.369 e. The minimum Gasteiger partial charge on any atom is -0.369 e. The maximum atomic E-state index is 11.3. The van der Waals surface area contributed by atoms with Crippen molar-refractivity contribution in [2.24, 2.45) is 0 Å². The van der Waals surface area contributed by atoms with E-state index < -0.39 is 9.84 Å². The highest BCUT2D eigenvalue weighted by molar-refractivity contribution is 7.91. The Balaban J connectivity index is 1.97. The van der Waals surface area contributed by atoms with Gasteiger partial charge in [-0.2, -0.15) is 10.1 Å². The fourth-order valence-electron chi connectivity index (χ4n) is 1.79. The topological polar surface area (TPSA) is 96.9 Å². The van der Waals surface area contributed by atoms with Crippen molar-refractivity contribution in [3.8, 4) is 0 Å². The van der Waals surface area contributed by atoms with Gasteiger partial charge in [0.25, 0.3) is 0 Å². The van der Waals surface area contributed by atoms with Crippen molar-refractivity contribution in [3.05, 3.63) is 6.20 Å². The van der Waals surface area contributed by atoms with Crippen molar-refractivity contribution < 1.29 is 8.42 Å². The lowest BCUT2D eigenvalue weighted by atomic mass is 10.3. The summed E-state index contributed by atoms with van der Waals surface area (Å²) >= 11 is 0. The maximum absolute atomic E-state index is 11.3. The van der Waals surface area contributed by atoms with E-state index in [1.165, 1.54) is 0 Å². The molecule has 2 rings (SSSR count). The SMILES string of the molecule is CCCNc1cnnc(NC2CCS(=O)(=O)C2)n1. The summed E-state index contributed by atoms with van der Waals surface area (Å²) < 4.78 is 22.7. The zero-order valence-electron chi connectivity index (χ0n) is 10.3. The Labute approximate surface area is 106 Å². The van der Waals surface area contributed by atoms with Gasteiger partial charge in [0, 0.05) is 12.6 Å². The third-order valence-corrected chi connectivity index (χ3v) is 4.45. The molecule has 2 N–H and O–H groups in total. The van der Waals surface area contributed by atoms with Crippen LogP contribution in [0.4, 0.5) is 11.8 Å². The third-order valence-electron chi connectivity index (χ3n) is 2.68. The van der Waals surface area contributed by atoms with Gasteiger partial charge in [-0.15, -0.1) is 5.10 Å². The van der Waals surface area contributed by atoms with Crippen LogP contribution >= 0.6 is 0 Å². The van der Waals surface area contributed by atoms with Crippen LogP contribution in [0.3, 0.4) is 0 Å². The highest BCUT2D eigenvalue weighted by Crippen LogP contribution is 2.15. The number of hydrogen-bond acceptors (Lipinski definition) is 7. The Morgan fingerprint density at radius 3 is 3.00 bits per heavy atom. The van der Waals surface area contributed by atoms with Gasteiger partial charge >= 0.3 is 0 Å². The van der Waals surface area contributed by atoms with Crippen LogP contribution in [0.25, 0.3) is 0 Å². The van der Waals surface area contributed by atoms with Gasteiger partial charge < -0.3 is 10.6 Å². The van der Waals surface area contributed by atoms with E-state index in [2.05, 4.69) is 32.7 Å². The number of nitrogens with zero attached hydrogens (tertiary/aromatic N) is 3. The Kier molecular flexibility index (Phi) is 3.95. The summed E-state index contributed by atoms with van der Waals surface area (Å²) in [4.78, 5) is 4.23. The first-order valence-corrected chi connectivity index (χ1v) is 7.82. The summed E-state index contributed by atoms with van der Waals surface area (Å²) in [6.07, 6.45) is 3.14. The molecule has 18 heavy (non-hydrogen) atoms. The molecule has 1 fully saturated rings. The van der Waals surface area contributed by atoms with E-state index >= 15 is 0 Å². The zero-order valence-corrected chi connectivity index (χ0v) is 11.1. The van der Waals surface area contributed by atoms with Crippen molar-refractivity contribution in [1.82, 2.24) is 15.2 Å². The van der Waals surface area contributed by atoms with Gasteiger partial charge in [-0.3, -0.25) is 0 Å². The summed E-state index contributed by atoms with van der Waals surface area (Å²) in [5.74, 6) is 1.39. The quantitative estimate of drug-likeness (QED) is 0.794. The number of anilines is 2. The lowest BCUT2D eigenvalue weighted by Gasteiger charge is -2.10. The Bertz CT molecular complexity index is 505. The van der Waals surface area contributed by atoms with E-state index in [-0.39, 0.29) is 17.5 Å². The van der Waals surface area contributed by atoms with Crippen LogP contribution in [0.15, 0.2) is 6.20 Å². The summed E-state index contributed by atoms with van der Waals surface area (Å²) in [6.45, 7) is 2.88. The smallest absolute Gasteiger partial charge is 0.244 e. The lowest BCUT2D eigenvalue weighted by molar-refractivity contribution is 0.602. The first-order valence-electron chi connectivity index (χ1n) is 5.99. The van der Waals surface area contributed by atoms with E-state index in [4.69, 9.17) is 0 Å². The van der Waals surface area contributed by atoms with Crippen LogP contribution in [-0.2, 0) is 9.84 Å². The number of rotatable bonds is 5. The molecule has 1 aliphatic rings. The number of nitrogens with one attached hydrogen (secondary N) is 2. The monoisotopic (exact) mass is 271 g/mol. The molecule has 8 heteroatoms. The van der Waals surface area contributed by atoms with Crippen molar-refractivity contribution in [2.45, 2.75) is 25.8 Å². The molecule has 7 nitrogen and oxygen atoms in total. The van der Waals surface area contributed by atoms with Crippen molar-refractivity contribution in [2.75, 3.05) is 28.7 Å². The van der Waals surface area contributed by atoms with Crippen LogP contribution < -0.4 is 10.6 Å². The Morgan fingerprint density at radius 1 is 1.50 bits per heavy atom. The van der Waals surface area contributed by atoms with Crippen LogP contribution in [0.2, 0.25) is 0 Å². The molecule has 100 valence electrons. The van der Waals surface area contributed by atoms with Crippen LogP contribution in [0.5, 0.6) is 0 Å². The summed E-state index contributed by atoms with van der Waals surface area (Å²) in [6, 6.07) is -0.113. The second-order valence-corrected chi connectivity index (χ2v) is 6.57. The van der Waals surface area contributed by atoms with Gasteiger partial charge in [0.1, 0.15) is 5.82 Å². The lowest BCUT2D eigenvalue weighted by Crippen LogP contribution is -2.22. The first-order chi connectivity index (χ1) is 8.59. The van der Waals surface area contributed by atoms with E-state index in [1.54, 1.807) is 6.20 Å².